The van der Waals surface area contributed by atoms with E-state index < -0.39 is 44.7 Å². The smallest absolute Gasteiger partial charge is 0.216 e. The van der Waals surface area contributed by atoms with E-state index in [1.807, 2.05) is 59.7 Å². The van der Waals surface area contributed by atoms with Crippen LogP contribution in [0.5, 0.6) is 0 Å². The summed E-state index contributed by atoms with van der Waals surface area (Å²) >= 11 is -2.52. The third-order valence-corrected chi connectivity index (χ3v) is 16.5. The molecule has 0 amide bonds. The zero-order chi connectivity index (χ0) is 53.3. The van der Waals surface area contributed by atoms with Crippen LogP contribution in [0.2, 0.25) is 17.3 Å². The van der Waals surface area contributed by atoms with Crippen molar-refractivity contribution in [1.29, 1.82) is 0 Å². The van der Waals surface area contributed by atoms with Crippen LogP contribution in [0.1, 0.15) is 33.4 Å². The number of aryl methyl sites for hydroxylation is 2. The van der Waals surface area contributed by atoms with Gasteiger partial charge in [0.05, 0.1) is 28.1 Å². The van der Waals surface area contributed by atoms with Gasteiger partial charge in [-0.2, -0.15) is 0 Å². The quantitative estimate of drug-likeness (QED) is 0.118. The van der Waals surface area contributed by atoms with E-state index in [1.54, 1.807) is 18.2 Å². The van der Waals surface area contributed by atoms with Crippen LogP contribution in [0.4, 0.5) is 4.39 Å². The Balaban J connectivity index is 0.000000220. The number of rotatable bonds is 7. The first kappa shape index (κ1) is 36.9. The number of halogens is 1. The van der Waals surface area contributed by atoms with E-state index in [0.29, 0.717) is 28.2 Å². The van der Waals surface area contributed by atoms with E-state index in [-0.39, 0.29) is 42.6 Å². The van der Waals surface area contributed by atoms with Crippen LogP contribution >= 0.6 is 0 Å². The summed E-state index contributed by atoms with van der Waals surface area (Å²) in [5.41, 5.74) is 7.19. The summed E-state index contributed by atoms with van der Waals surface area (Å²) in [6, 6.07) is 62.6. The fourth-order valence-electron chi connectivity index (χ4n) is 8.94. The molecule has 0 fully saturated rings. The Kier molecular flexibility index (Phi) is 10.1. The van der Waals surface area contributed by atoms with Crippen molar-refractivity contribution in [2.45, 2.75) is 37.3 Å². The van der Waals surface area contributed by atoms with Gasteiger partial charge in [0.15, 0.2) is 0 Å². The molecule has 339 valence electrons. The number of furan rings is 1. The van der Waals surface area contributed by atoms with Crippen molar-refractivity contribution in [1.82, 2.24) is 19.5 Å². The molecule has 0 aliphatic rings. The maximum Gasteiger partial charge on any atom is 0.216 e. The van der Waals surface area contributed by atoms with Crippen LogP contribution in [0, 0.1) is 31.7 Å². The third-order valence-electron chi connectivity index (χ3n) is 12.2. The van der Waals surface area contributed by atoms with Crippen molar-refractivity contribution in [2.24, 2.45) is 0 Å². The predicted octanol–water partition coefficient (Wildman–Crippen LogP) is 15.2. The Morgan fingerprint density at radius 3 is 2.12 bits per heavy atom. The average molecular weight is 1140 g/mol. The Morgan fingerprint density at radius 1 is 0.667 bits per heavy atom. The average Bonchev–Trinajstić information content (AvgIpc) is 4.13. The van der Waals surface area contributed by atoms with Crippen LogP contribution < -0.4 is 4.40 Å². The zero-order valence-electron chi connectivity index (χ0n) is 45.7. The zero-order valence-corrected chi connectivity index (χ0v) is 42.2. The number of hydrogen-bond acceptors (Lipinski definition) is 4. The number of imidazole rings is 1. The minimum Gasteiger partial charge on any atom is -0.486 e. The SMILES string of the molecule is [2H]C([2H])([2H])c1cc(-c2[c-]ccc(C([2H])([2H])[2H])c2F)nc[c]1[Ge]([CH3])([CH3])[CH3].[2H]C([2H])(c1ccccc1)c1ccc2c(n1)oc1c(-c3nc4c5ccccc5ccc4n3-c3c(-c4ccccc4)ccc4ccccc34)[c-]ccc12.[Ir]. The first-order valence-corrected chi connectivity index (χ1v) is 29.6. The first-order chi connectivity index (χ1) is 36.3. The van der Waals surface area contributed by atoms with Crippen LogP contribution in [0.25, 0.3) is 94.1 Å². The summed E-state index contributed by atoms with van der Waals surface area (Å²) in [5.74, 6) is 5.89. The molecule has 0 N–H and O–H groups in total. The standard InChI is InChI=1S/C45H28N3O.C16H19FGeN.Ir/c1-3-12-29(13-4-1)28-33-24-26-38-37-20-11-21-39(43(37)49-45(38)46-33)44-47-41-34-18-9-7-16-31(34)23-27-40(41)48(44)42-35-19-10-8-17-32(35)22-25-36(42)30-14-5-2-6-15-30;1-11-7-6-8-13(16(11)17)15-9-12(2)14(10-19-15)18(3,4)5;/h1-20,22-27H,28H2;6-7,9-10H,1-5H3;/q2*-1;/i28D2;1D3,2D3;. The molecule has 0 aliphatic heterocycles. The largest absolute Gasteiger partial charge is 0.486 e. The second kappa shape index (κ2) is 18.8. The van der Waals surface area contributed by atoms with Gasteiger partial charge >= 0.3 is 125 Å². The molecule has 12 aromatic rings. The maximum absolute atomic E-state index is 14.7. The van der Waals surface area contributed by atoms with Gasteiger partial charge < -0.3 is 8.98 Å². The molecule has 0 spiro atoms. The fourth-order valence-corrected chi connectivity index (χ4v) is 11.7. The van der Waals surface area contributed by atoms with Gasteiger partial charge in [-0.1, -0.05) is 138 Å². The number of hydrogen-bond donors (Lipinski definition) is 0. The summed E-state index contributed by atoms with van der Waals surface area (Å²) < 4.78 is 87.7. The number of fused-ring (bicyclic) bond motifs is 7. The predicted molar refractivity (Wildman–Crippen MR) is 281 cm³/mol. The summed E-state index contributed by atoms with van der Waals surface area (Å²) in [7, 11) is 0. The minimum absolute atomic E-state index is 0. The van der Waals surface area contributed by atoms with Crippen molar-refractivity contribution < 1.29 is 39.9 Å². The van der Waals surface area contributed by atoms with Crippen molar-refractivity contribution in [3.63, 3.8) is 0 Å². The second-order valence-corrected chi connectivity index (χ2v) is 28.2. The number of nitrogens with zero attached hydrogens (tertiary/aromatic N) is 4. The Hall–Kier alpha value is -7.03. The molecular formula is C61H47FGeIrN4O-2. The van der Waals surface area contributed by atoms with E-state index in [9.17, 15) is 4.39 Å². The van der Waals surface area contributed by atoms with E-state index in [2.05, 4.69) is 119 Å². The first-order valence-electron chi connectivity index (χ1n) is 26.3. The minimum atomic E-state index is -2.61. The molecule has 8 heteroatoms. The molecule has 5 nitrogen and oxygen atoms in total. The van der Waals surface area contributed by atoms with Crippen LogP contribution in [-0.4, -0.2) is 32.8 Å². The maximum atomic E-state index is 14.7. The molecule has 0 aliphatic carbocycles. The summed E-state index contributed by atoms with van der Waals surface area (Å²) in [4.78, 5) is 14.4. The summed E-state index contributed by atoms with van der Waals surface area (Å²) in [6.07, 6.45) is -0.313. The van der Waals surface area contributed by atoms with E-state index in [1.165, 1.54) is 18.3 Å². The molecule has 12 rings (SSSR count). The number of benzene rings is 8. The Morgan fingerprint density at radius 2 is 1.35 bits per heavy atom. The van der Waals surface area contributed by atoms with Gasteiger partial charge in [0.25, 0.3) is 0 Å². The van der Waals surface area contributed by atoms with E-state index in [4.69, 9.17) is 25.4 Å². The van der Waals surface area contributed by atoms with Crippen LogP contribution in [-0.2, 0) is 26.5 Å². The van der Waals surface area contributed by atoms with Crippen molar-refractivity contribution in [3.8, 4) is 39.5 Å². The van der Waals surface area contributed by atoms with Gasteiger partial charge in [0, 0.05) is 56.6 Å². The normalized spacial score (nSPS) is 13.9. The molecular weight excluding hydrogens is 1090 g/mol. The molecule has 8 aromatic carbocycles. The van der Waals surface area contributed by atoms with Gasteiger partial charge in [-0.25, -0.2) is 4.98 Å². The van der Waals surface area contributed by atoms with Gasteiger partial charge in [0.1, 0.15) is 0 Å². The Bertz CT molecular complexity index is 4200. The van der Waals surface area contributed by atoms with Crippen molar-refractivity contribution in [2.75, 3.05) is 0 Å². The van der Waals surface area contributed by atoms with Gasteiger partial charge in [-0.15, -0.1) is 18.2 Å². The fraction of sp³-hybridized carbons (Fsp3) is 0.0984. The van der Waals surface area contributed by atoms with Gasteiger partial charge in [-0.3, -0.25) is 4.98 Å². The van der Waals surface area contributed by atoms with Crippen molar-refractivity contribution >= 4 is 72.3 Å². The summed E-state index contributed by atoms with van der Waals surface area (Å²) in [5, 5.41) is 6.05. The molecule has 0 bridgehead atoms. The molecule has 4 heterocycles. The summed E-state index contributed by atoms with van der Waals surface area (Å²) in [6.45, 7) is -4.97. The topological polar surface area (TPSA) is 56.7 Å². The number of aromatic nitrogens is 4. The molecule has 4 aromatic heterocycles. The molecule has 69 heavy (non-hydrogen) atoms. The molecule has 0 unspecified atom stereocenters. The molecule has 1 radical (unpaired) electrons. The van der Waals surface area contributed by atoms with Gasteiger partial charge in [0.2, 0.25) is 5.71 Å². The van der Waals surface area contributed by atoms with Crippen molar-refractivity contribution in [3.05, 3.63) is 222 Å². The molecule has 0 atom stereocenters. The van der Waals surface area contributed by atoms with E-state index in [0.717, 1.165) is 70.6 Å². The number of pyridine rings is 2. The molecule has 0 saturated heterocycles. The van der Waals surface area contributed by atoms with Gasteiger partial charge in [-0.05, 0) is 40.1 Å². The monoisotopic (exact) mass is 1150 g/mol. The molecule has 0 saturated carbocycles. The third kappa shape index (κ3) is 8.61. The second-order valence-electron chi connectivity index (χ2n) is 17.7. The van der Waals surface area contributed by atoms with Crippen LogP contribution in [0.3, 0.4) is 0 Å². The Labute approximate surface area is 428 Å². The van der Waals surface area contributed by atoms with Crippen LogP contribution in [0.15, 0.2) is 187 Å². The van der Waals surface area contributed by atoms with E-state index >= 15 is 0 Å².